The summed E-state index contributed by atoms with van der Waals surface area (Å²) in [5.41, 5.74) is 0. The molecule has 6 nitrogen and oxygen atoms in total. The summed E-state index contributed by atoms with van der Waals surface area (Å²) in [7, 11) is 3.45. The Morgan fingerprint density at radius 2 is 1.86 bits per heavy atom. The van der Waals surface area contributed by atoms with Crippen LogP contribution < -0.4 is 5.32 Å². The van der Waals surface area contributed by atoms with E-state index < -0.39 is 6.10 Å². The molecule has 0 bridgehead atoms. The molecule has 1 heterocycles. The third kappa shape index (κ3) is 5.25. The molecular weight excluding hydrogens is 282 g/mol. The lowest BCUT2D eigenvalue weighted by Gasteiger charge is -2.33. The molecule has 1 saturated heterocycles. The summed E-state index contributed by atoms with van der Waals surface area (Å²) in [6.07, 6.45) is 6.72. The van der Waals surface area contributed by atoms with Crippen LogP contribution >= 0.6 is 0 Å². The molecule has 1 aliphatic heterocycles. The van der Waals surface area contributed by atoms with Gasteiger partial charge in [-0.25, -0.2) is 0 Å². The normalized spacial score (nSPS) is 24.5. The molecule has 0 aromatic rings. The molecule has 1 saturated carbocycles. The van der Waals surface area contributed by atoms with Gasteiger partial charge in [-0.3, -0.25) is 14.5 Å². The summed E-state index contributed by atoms with van der Waals surface area (Å²) in [5, 5.41) is 3.16. The molecule has 1 atom stereocenters. The van der Waals surface area contributed by atoms with E-state index in [1.165, 1.54) is 25.7 Å². The van der Waals surface area contributed by atoms with Crippen molar-refractivity contribution in [3.8, 4) is 0 Å². The second-order valence-corrected chi connectivity index (χ2v) is 6.58. The molecule has 1 aliphatic carbocycles. The lowest BCUT2D eigenvalue weighted by Crippen LogP contribution is -2.52. The van der Waals surface area contributed by atoms with Crippen LogP contribution in [0.2, 0.25) is 0 Å². The van der Waals surface area contributed by atoms with E-state index in [0.717, 1.165) is 12.8 Å². The largest absolute Gasteiger partial charge is 0.366 e. The Labute approximate surface area is 133 Å². The number of ether oxygens (including phenoxy) is 1. The highest BCUT2D eigenvalue weighted by atomic mass is 16.5. The van der Waals surface area contributed by atoms with Gasteiger partial charge in [0.2, 0.25) is 5.91 Å². The Morgan fingerprint density at radius 1 is 1.18 bits per heavy atom. The number of carbonyl (C=O) groups is 2. The number of nitrogens with zero attached hydrogens (tertiary/aromatic N) is 2. The van der Waals surface area contributed by atoms with Crippen molar-refractivity contribution >= 4 is 11.8 Å². The van der Waals surface area contributed by atoms with Crippen molar-refractivity contribution < 1.29 is 14.3 Å². The fourth-order valence-electron chi connectivity index (χ4n) is 3.18. The maximum absolute atomic E-state index is 12.2. The predicted octanol–water partition coefficient (Wildman–Crippen LogP) is 0.614. The molecule has 0 radical (unpaired) electrons. The van der Waals surface area contributed by atoms with Gasteiger partial charge < -0.3 is 15.0 Å². The van der Waals surface area contributed by atoms with E-state index in [0.29, 0.717) is 32.3 Å². The molecule has 1 unspecified atom stereocenters. The third-order valence-corrected chi connectivity index (χ3v) is 4.45. The van der Waals surface area contributed by atoms with Gasteiger partial charge in [0.05, 0.1) is 13.2 Å². The van der Waals surface area contributed by atoms with Crippen molar-refractivity contribution in [3.05, 3.63) is 0 Å². The van der Waals surface area contributed by atoms with Crippen molar-refractivity contribution in [2.75, 3.05) is 40.3 Å². The maximum Gasteiger partial charge on any atom is 0.252 e. The van der Waals surface area contributed by atoms with E-state index in [1.807, 2.05) is 4.90 Å². The zero-order chi connectivity index (χ0) is 15.9. The number of hydrogen-bond donors (Lipinski definition) is 1. The van der Waals surface area contributed by atoms with Gasteiger partial charge in [0.1, 0.15) is 6.10 Å². The van der Waals surface area contributed by atoms with E-state index in [1.54, 1.807) is 19.0 Å². The van der Waals surface area contributed by atoms with Crippen LogP contribution in [0.1, 0.15) is 38.5 Å². The predicted molar refractivity (Wildman–Crippen MR) is 84.5 cm³/mol. The molecule has 126 valence electrons. The molecule has 2 rings (SSSR count). The van der Waals surface area contributed by atoms with Crippen LogP contribution in [0, 0.1) is 0 Å². The standard InChI is InChI=1S/C16H29N3O3/c1-18(2)16(21)14-11-19(9-10-22-14)12-15(20)17-13-7-5-3-4-6-8-13/h13-14H,3-12H2,1-2H3,(H,17,20). The van der Waals surface area contributed by atoms with Crippen molar-refractivity contribution in [2.24, 2.45) is 0 Å². The summed E-state index contributed by atoms with van der Waals surface area (Å²) in [6, 6.07) is 0.329. The van der Waals surface area contributed by atoms with Crippen molar-refractivity contribution in [1.29, 1.82) is 0 Å². The zero-order valence-electron chi connectivity index (χ0n) is 13.8. The van der Waals surface area contributed by atoms with E-state index in [-0.39, 0.29) is 11.8 Å². The van der Waals surface area contributed by atoms with Gasteiger partial charge in [0.15, 0.2) is 0 Å². The fourth-order valence-corrected chi connectivity index (χ4v) is 3.18. The molecule has 0 spiro atoms. The summed E-state index contributed by atoms with van der Waals surface area (Å²) in [5.74, 6) is 0.0405. The zero-order valence-corrected chi connectivity index (χ0v) is 13.8. The Morgan fingerprint density at radius 3 is 2.50 bits per heavy atom. The first kappa shape index (κ1) is 17.2. The van der Waals surface area contributed by atoms with Gasteiger partial charge in [-0.15, -0.1) is 0 Å². The van der Waals surface area contributed by atoms with Crippen LogP contribution in [0.5, 0.6) is 0 Å². The Kier molecular flexibility index (Phi) is 6.64. The molecular formula is C16H29N3O3. The first-order valence-electron chi connectivity index (χ1n) is 8.40. The van der Waals surface area contributed by atoms with Gasteiger partial charge in [0, 0.05) is 33.2 Å². The highest BCUT2D eigenvalue weighted by Gasteiger charge is 2.29. The van der Waals surface area contributed by atoms with Crippen LogP contribution in [0.3, 0.4) is 0 Å². The molecule has 2 aliphatic rings. The first-order chi connectivity index (χ1) is 10.6. The SMILES string of the molecule is CN(C)C(=O)C1CN(CC(=O)NC2CCCCCC2)CCO1. The smallest absolute Gasteiger partial charge is 0.252 e. The average Bonchev–Trinajstić information content (AvgIpc) is 2.75. The van der Waals surface area contributed by atoms with Crippen LogP contribution in [-0.4, -0.2) is 74.1 Å². The number of hydrogen-bond acceptors (Lipinski definition) is 4. The Hall–Kier alpha value is -1.14. The van der Waals surface area contributed by atoms with Crippen molar-refractivity contribution in [3.63, 3.8) is 0 Å². The van der Waals surface area contributed by atoms with E-state index in [9.17, 15) is 9.59 Å². The third-order valence-electron chi connectivity index (χ3n) is 4.45. The summed E-state index contributed by atoms with van der Waals surface area (Å²) >= 11 is 0. The average molecular weight is 311 g/mol. The molecule has 1 N–H and O–H groups in total. The lowest BCUT2D eigenvalue weighted by atomic mass is 10.1. The summed E-state index contributed by atoms with van der Waals surface area (Å²) in [6.45, 7) is 2.06. The number of rotatable bonds is 4. The lowest BCUT2D eigenvalue weighted by molar-refractivity contribution is -0.148. The minimum atomic E-state index is -0.450. The minimum Gasteiger partial charge on any atom is -0.366 e. The van der Waals surface area contributed by atoms with Gasteiger partial charge >= 0.3 is 0 Å². The summed E-state index contributed by atoms with van der Waals surface area (Å²) < 4.78 is 5.51. The molecule has 0 aromatic heterocycles. The number of likely N-dealkylation sites (N-methyl/N-ethyl adjacent to an activating group) is 1. The Balaban J connectivity index is 1.76. The molecule has 6 heteroatoms. The molecule has 2 amide bonds. The number of morpholine rings is 1. The highest BCUT2D eigenvalue weighted by Crippen LogP contribution is 2.17. The quantitative estimate of drug-likeness (QED) is 0.773. The van der Waals surface area contributed by atoms with Gasteiger partial charge in [-0.05, 0) is 12.8 Å². The Bertz CT molecular complexity index is 379. The van der Waals surface area contributed by atoms with Gasteiger partial charge in [-0.1, -0.05) is 25.7 Å². The van der Waals surface area contributed by atoms with Gasteiger partial charge in [0.25, 0.3) is 5.91 Å². The minimum absolute atomic E-state index is 0.0334. The van der Waals surface area contributed by atoms with Gasteiger partial charge in [-0.2, -0.15) is 0 Å². The van der Waals surface area contributed by atoms with Crippen LogP contribution in [-0.2, 0) is 14.3 Å². The monoisotopic (exact) mass is 311 g/mol. The van der Waals surface area contributed by atoms with Crippen LogP contribution in [0.25, 0.3) is 0 Å². The second-order valence-electron chi connectivity index (χ2n) is 6.58. The molecule has 22 heavy (non-hydrogen) atoms. The highest BCUT2D eigenvalue weighted by molar-refractivity contribution is 5.81. The van der Waals surface area contributed by atoms with E-state index in [2.05, 4.69) is 5.32 Å². The maximum atomic E-state index is 12.2. The number of nitrogens with one attached hydrogen (secondary N) is 1. The van der Waals surface area contributed by atoms with Crippen molar-refractivity contribution in [1.82, 2.24) is 15.1 Å². The molecule has 2 fully saturated rings. The van der Waals surface area contributed by atoms with E-state index in [4.69, 9.17) is 4.74 Å². The van der Waals surface area contributed by atoms with Crippen LogP contribution in [0.4, 0.5) is 0 Å². The molecule has 0 aromatic carbocycles. The van der Waals surface area contributed by atoms with Crippen molar-refractivity contribution in [2.45, 2.75) is 50.7 Å². The first-order valence-corrected chi connectivity index (χ1v) is 8.40. The van der Waals surface area contributed by atoms with E-state index >= 15 is 0 Å². The number of amides is 2. The second kappa shape index (κ2) is 8.48. The fraction of sp³-hybridized carbons (Fsp3) is 0.875. The summed E-state index contributed by atoms with van der Waals surface area (Å²) in [4.78, 5) is 27.7. The number of carbonyl (C=O) groups excluding carboxylic acids is 2. The van der Waals surface area contributed by atoms with Crippen LogP contribution in [0.15, 0.2) is 0 Å². The topological polar surface area (TPSA) is 61.9 Å².